The molecule has 168 valence electrons. The van der Waals surface area contributed by atoms with Gasteiger partial charge in [-0.2, -0.15) is 0 Å². The summed E-state index contributed by atoms with van der Waals surface area (Å²) in [6.07, 6.45) is 11.1. The zero-order valence-electron chi connectivity index (χ0n) is 17.9. The maximum atomic E-state index is 11.7. The van der Waals surface area contributed by atoms with Crippen LogP contribution < -0.4 is 5.32 Å². The third kappa shape index (κ3) is 10.2. The predicted octanol–water partition coefficient (Wildman–Crippen LogP) is 2.37. The van der Waals surface area contributed by atoms with Crippen LogP contribution in [-0.2, 0) is 14.3 Å². The van der Waals surface area contributed by atoms with Gasteiger partial charge in [-0.3, -0.25) is 4.79 Å². The molecule has 1 amide bonds. The Kier molecular flexibility index (Phi) is 12.8. The first-order chi connectivity index (χ1) is 13.9. The SMILES string of the molecule is CCCCCC[C@@H](O)CCCCCC/C=C/[C@@H](O)[C@H]1OC(=O)[C@@H](NC(C)=O)[C@H]1O. The summed E-state index contributed by atoms with van der Waals surface area (Å²) in [7, 11) is 0. The molecule has 1 rings (SSSR count). The molecule has 1 heterocycles. The van der Waals surface area contributed by atoms with Crippen LogP contribution in [0.1, 0.15) is 84.5 Å². The number of hydrogen-bond acceptors (Lipinski definition) is 6. The summed E-state index contributed by atoms with van der Waals surface area (Å²) < 4.78 is 4.99. The summed E-state index contributed by atoms with van der Waals surface area (Å²) in [5.74, 6) is -1.18. The largest absolute Gasteiger partial charge is 0.455 e. The number of ether oxygens (including phenoxy) is 1. The number of nitrogens with one attached hydrogen (secondary N) is 1. The lowest BCUT2D eigenvalue weighted by Gasteiger charge is -2.18. The summed E-state index contributed by atoms with van der Waals surface area (Å²) in [4.78, 5) is 22.8. The van der Waals surface area contributed by atoms with Crippen LogP contribution >= 0.6 is 0 Å². The fourth-order valence-electron chi connectivity index (χ4n) is 3.53. The number of carbonyl (C=O) groups excluding carboxylic acids is 2. The average molecular weight is 414 g/mol. The van der Waals surface area contributed by atoms with Crippen LogP contribution in [0.3, 0.4) is 0 Å². The minimum atomic E-state index is -1.28. The maximum Gasteiger partial charge on any atom is 0.332 e. The van der Waals surface area contributed by atoms with Crippen LogP contribution in [-0.4, -0.2) is 57.7 Å². The van der Waals surface area contributed by atoms with Crippen LogP contribution in [0, 0.1) is 0 Å². The number of rotatable bonds is 15. The van der Waals surface area contributed by atoms with Crippen molar-refractivity contribution in [2.24, 2.45) is 0 Å². The van der Waals surface area contributed by atoms with Gasteiger partial charge in [0.2, 0.25) is 5.91 Å². The van der Waals surface area contributed by atoms with Crippen LogP contribution in [0.2, 0.25) is 0 Å². The van der Waals surface area contributed by atoms with Crippen molar-refractivity contribution < 1.29 is 29.6 Å². The molecule has 0 radical (unpaired) electrons. The second kappa shape index (κ2) is 14.5. The molecule has 0 bridgehead atoms. The van der Waals surface area contributed by atoms with E-state index in [9.17, 15) is 24.9 Å². The van der Waals surface area contributed by atoms with E-state index in [1.165, 1.54) is 32.3 Å². The summed E-state index contributed by atoms with van der Waals surface area (Å²) in [6.45, 7) is 3.43. The highest BCUT2D eigenvalue weighted by Gasteiger charge is 2.46. The Hall–Kier alpha value is -1.44. The molecule has 7 heteroatoms. The molecule has 0 unspecified atom stereocenters. The highest BCUT2D eigenvalue weighted by Crippen LogP contribution is 2.20. The van der Waals surface area contributed by atoms with E-state index in [2.05, 4.69) is 12.2 Å². The quantitative estimate of drug-likeness (QED) is 0.186. The van der Waals surface area contributed by atoms with Crippen molar-refractivity contribution in [3.63, 3.8) is 0 Å². The number of hydrogen-bond donors (Lipinski definition) is 4. The first-order valence-corrected chi connectivity index (χ1v) is 11.0. The number of aliphatic hydroxyl groups excluding tert-OH is 3. The normalized spacial score (nSPS) is 23.9. The van der Waals surface area contributed by atoms with Crippen molar-refractivity contribution in [2.75, 3.05) is 0 Å². The van der Waals surface area contributed by atoms with Gasteiger partial charge in [0, 0.05) is 6.92 Å². The average Bonchev–Trinajstić information content (AvgIpc) is 2.95. The molecule has 4 N–H and O–H groups in total. The molecule has 0 aromatic carbocycles. The second-order valence-electron chi connectivity index (χ2n) is 7.98. The minimum Gasteiger partial charge on any atom is -0.455 e. The van der Waals surface area contributed by atoms with Crippen LogP contribution in [0.15, 0.2) is 12.2 Å². The van der Waals surface area contributed by atoms with E-state index in [-0.39, 0.29) is 6.10 Å². The Labute approximate surface area is 174 Å². The van der Waals surface area contributed by atoms with E-state index < -0.39 is 36.2 Å². The Morgan fingerprint density at radius 3 is 2.34 bits per heavy atom. The number of carbonyl (C=O) groups is 2. The van der Waals surface area contributed by atoms with Crippen molar-refractivity contribution in [3.8, 4) is 0 Å². The Morgan fingerprint density at radius 1 is 1.10 bits per heavy atom. The lowest BCUT2D eigenvalue weighted by atomic mass is 10.0. The van der Waals surface area contributed by atoms with E-state index in [1.54, 1.807) is 0 Å². The number of aliphatic hydroxyl groups is 3. The van der Waals surface area contributed by atoms with Crippen LogP contribution in [0.5, 0.6) is 0 Å². The van der Waals surface area contributed by atoms with E-state index in [1.807, 2.05) is 6.08 Å². The maximum absolute atomic E-state index is 11.7. The first kappa shape index (κ1) is 25.6. The van der Waals surface area contributed by atoms with E-state index in [0.29, 0.717) is 0 Å². The number of allylic oxidation sites excluding steroid dienone is 1. The van der Waals surface area contributed by atoms with Gasteiger partial charge >= 0.3 is 5.97 Å². The van der Waals surface area contributed by atoms with Gasteiger partial charge in [0.25, 0.3) is 0 Å². The highest BCUT2D eigenvalue weighted by molar-refractivity contribution is 5.85. The Balaban J connectivity index is 2.12. The van der Waals surface area contributed by atoms with Gasteiger partial charge in [-0.25, -0.2) is 4.79 Å². The molecular formula is C22H39NO6. The number of esters is 1. The van der Waals surface area contributed by atoms with Gasteiger partial charge in [0.15, 0.2) is 12.1 Å². The summed E-state index contributed by atoms with van der Waals surface area (Å²) in [5.41, 5.74) is 0. The zero-order chi connectivity index (χ0) is 21.6. The van der Waals surface area contributed by atoms with Crippen molar-refractivity contribution in [1.82, 2.24) is 5.32 Å². The van der Waals surface area contributed by atoms with Crippen molar-refractivity contribution in [1.29, 1.82) is 0 Å². The molecule has 1 fully saturated rings. The molecule has 1 saturated heterocycles. The van der Waals surface area contributed by atoms with E-state index in [0.717, 1.165) is 51.4 Å². The van der Waals surface area contributed by atoms with Gasteiger partial charge < -0.3 is 25.4 Å². The van der Waals surface area contributed by atoms with Gasteiger partial charge in [-0.15, -0.1) is 0 Å². The summed E-state index contributed by atoms with van der Waals surface area (Å²) in [5, 5.41) is 32.5. The number of amides is 1. The van der Waals surface area contributed by atoms with Crippen molar-refractivity contribution >= 4 is 11.9 Å². The highest BCUT2D eigenvalue weighted by atomic mass is 16.6. The van der Waals surface area contributed by atoms with Gasteiger partial charge in [0.1, 0.15) is 12.2 Å². The van der Waals surface area contributed by atoms with Crippen molar-refractivity contribution in [2.45, 2.75) is 115 Å². The molecule has 5 atom stereocenters. The standard InChI is InChI=1S/C22H39NO6/c1-3-4-5-10-13-17(25)14-11-8-6-7-9-12-15-18(26)21-20(27)19(22(28)29-21)23-16(2)24/h12,15,17-21,25-27H,3-11,13-14H2,1-2H3,(H,23,24)/b15-12+/t17-,18-,19+,20-,21-/m1/s1. The molecule has 1 aliphatic rings. The third-order valence-corrected chi connectivity index (χ3v) is 5.26. The molecule has 0 saturated carbocycles. The lowest BCUT2D eigenvalue weighted by Crippen LogP contribution is -2.47. The Bertz CT molecular complexity index is 510. The number of cyclic esters (lactones) is 1. The first-order valence-electron chi connectivity index (χ1n) is 11.0. The van der Waals surface area contributed by atoms with Crippen LogP contribution in [0.25, 0.3) is 0 Å². The predicted molar refractivity (Wildman–Crippen MR) is 111 cm³/mol. The third-order valence-electron chi connectivity index (χ3n) is 5.26. The fourth-order valence-corrected chi connectivity index (χ4v) is 3.53. The minimum absolute atomic E-state index is 0.177. The molecule has 0 aromatic heterocycles. The Morgan fingerprint density at radius 2 is 1.72 bits per heavy atom. The zero-order valence-corrected chi connectivity index (χ0v) is 17.9. The molecule has 0 aromatic rings. The monoisotopic (exact) mass is 413 g/mol. The molecule has 1 aliphatic heterocycles. The topological polar surface area (TPSA) is 116 Å². The van der Waals surface area contributed by atoms with E-state index in [4.69, 9.17) is 4.74 Å². The molecule has 0 spiro atoms. The molecule has 0 aliphatic carbocycles. The summed E-state index contributed by atoms with van der Waals surface area (Å²) >= 11 is 0. The molecule has 29 heavy (non-hydrogen) atoms. The second-order valence-corrected chi connectivity index (χ2v) is 7.98. The van der Waals surface area contributed by atoms with Gasteiger partial charge in [0.05, 0.1) is 6.10 Å². The smallest absolute Gasteiger partial charge is 0.332 e. The lowest BCUT2D eigenvalue weighted by molar-refractivity contribution is -0.146. The number of unbranched alkanes of at least 4 members (excludes halogenated alkanes) is 7. The van der Waals surface area contributed by atoms with Crippen LogP contribution in [0.4, 0.5) is 0 Å². The van der Waals surface area contributed by atoms with Crippen molar-refractivity contribution in [3.05, 3.63) is 12.2 Å². The summed E-state index contributed by atoms with van der Waals surface area (Å²) in [6, 6.07) is -1.14. The van der Waals surface area contributed by atoms with E-state index >= 15 is 0 Å². The van der Waals surface area contributed by atoms with Gasteiger partial charge in [-0.05, 0) is 25.7 Å². The van der Waals surface area contributed by atoms with Gasteiger partial charge in [-0.1, -0.05) is 64.0 Å². The molecule has 7 nitrogen and oxygen atoms in total. The fraction of sp³-hybridized carbons (Fsp3) is 0.818. The molecular weight excluding hydrogens is 374 g/mol.